The molecule has 0 saturated heterocycles. The molecule has 0 aliphatic rings. The largest absolute Gasteiger partial charge is 0.416 e. The van der Waals surface area contributed by atoms with E-state index in [1.54, 1.807) is 11.6 Å². The highest BCUT2D eigenvalue weighted by Gasteiger charge is 2.30. The number of fused-ring (bicyclic) bond motifs is 1. The number of halogens is 3. The van der Waals surface area contributed by atoms with Gasteiger partial charge in [-0.3, -0.25) is 4.79 Å². The lowest BCUT2D eigenvalue weighted by Gasteiger charge is -2.09. The van der Waals surface area contributed by atoms with Crippen LogP contribution < -0.4 is 5.32 Å². The zero-order valence-electron chi connectivity index (χ0n) is 15.2. The summed E-state index contributed by atoms with van der Waals surface area (Å²) >= 11 is 1.32. The van der Waals surface area contributed by atoms with Crippen LogP contribution >= 0.6 is 11.3 Å². The second kappa shape index (κ2) is 7.32. The number of aryl methyl sites for hydroxylation is 1. The molecule has 0 bridgehead atoms. The predicted octanol–water partition coefficient (Wildman–Crippen LogP) is 4.65. The normalized spacial score (nSPS) is 11.7. The zero-order valence-corrected chi connectivity index (χ0v) is 16.0. The Morgan fingerprint density at radius 1 is 1.24 bits per heavy atom. The van der Waals surface area contributed by atoms with Crippen LogP contribution in [-0.2, 0) is 19.8 Å². The molecule has 0 aliphatic carbocycles. The maximum absolute atomic E-state index is 12.8. The molecule has 148 valence electrons. The number of aromatic nitrogens is 3. The van der Waals surface area contributed by atoms with E-state index in [0.717, 1.165) is 28.7 Å². The average Bonchev–Trinajstić information content (AvgIpc) is 3.31. The highest BCUT2D eigenvalue weighted by Crippen LogP contribution is 2.31. The van der Waals surface area contributed by atoms with E-state index in [4.69, 9.17) is 0 Å². The molecule has 3 aromatic heterocycles. The number of amides is 1. The summed E-state index contributed by atoms with van der Waals surface area (Å²) in [6.07, 6.45) is -0.807. The Balaban J connectivity index is 1.51. The van der Waals surface area contributed by atoms with Gasteiger partial charge in [-0.1, -0.05) is 12.1 Å². The van der Waals surface area contributed by atoms with Crippen LogP contribution in [0.1, 0.15) is 21.6 Å². The molecule has 1 amide bonds. The molecular formula is C20H15F3N4OS. The second-order valence-corrected chi connectivity index (χ2v) is 7.31. The van der Waals surface area contributed by atoms with Crippen LogP contribution in [0.15, 0.2) is 54.2 Å². The summed E-state index contributed by atoms with van der Waals surface area (Å²) in [6.45, 7) is -0.0200. The van der Waals surface area contributed by atoms with E-state index >= 15 is 0 Å². The van der Waals surface area contributed by atoms with Gasteiger partial charge in [0.25, 0.3) is 5.91 Å². The molecule has 0 spiro atoms. The van der Waals surface area contributed by atoms with Gasteiger partial charge in [-0.05, 0) is 29.8 Å². The molecule has 1 aromatic carbocycles. The standard InChI is InChI=1S/C20H15F3N4OS/c1-27-10-15(14-6-3-7-24-17(14)27)19-26-16(11-29-19)18(28)25-9-12-4-2-5-13(8-12)20(21,22)23/h2-8,10-11H,9H2,1H3,(H,25,28). The Hall–Kier alpha value is -3.20. The van der Waals surface area contributed by atoms with Gasteiger partial charge in [0.2, 0.25) is 0 Å². The number of rotatable bonds is 4. The minimum Gasteiger partial charge on any atom is -0.347 e. The minimum atomic E-state index is -4.42. The summed E-state index contributed by atoms with van der Waals surface area (Å²) in [5.41, 5.74) is 1.53. The number of benzene rings is 1. The van der Waals surface area contributed by atoms with Crippen LogP contribution in [0.25, 0.3) is 21.6 Å². The molecule has 0 atom stereocenters. The third-order valence-corrected chi connectivity index (χ3v) is 5.28. The average molecular weight is 416 g/mol. The van der Waals surface area contributed by atoms with E-state index in [2.05, 4.69) is 15.3 Å². The first-order valence-corrected chi connectivity index (χ1v) is 9.51. The fourth-order valence-corrected chi connectivity index (χ4v) is 3.84. The molecule has 0 aliphatic heterocycles. The number of thiazole rings is 1. The van der Waals surface area contributed by atoms with E-state index in [9.17, 15) is 18.0 Å². The van der Waals surface area contributed by atoms with Crippen molar-refractivity contribution in [3.8, 4) is 10.6 Å². The fraction of sp³-hybridized carbons (Fsp3) is 0.150. The van der Waals surface area contributed by atoms with Crippen molar-refractivity contribution in [1.82, 2.24) is 19.9 Å². The van der Waals surface area contributed by atoms with Crippen LogP contribution in [0.3, 0.4) is 0 Å². The maximum atomic E-state index is 12.8. The Morgan fingerprint density at radius 3 is 2.86 bits per heavy atom. The highest BCUT2D eigenvalue weighted by atomic mass is 32.1. The number of hydrogen-bond acceptors (Lipinski definition) is 4. The molecule has 4 rings (SSSR count). The van der Waals surface area contributed by atoms with Gasteiger partial charge in [0.05, 0.1) is 5.56 Å². The summed E-state index contributed by atoms with van der Waals surface area (Å²) in [6, 6.07) is 8.65. The van der Waals surface area contributed by atoms with Crippen molar-refractivity contribution in [2.45, 2.75) is 12.7 Å². The SMILES string of the molecule is Cn1cc(-c2nc(C(=O)NCc3cccc(C(F)(F)F)c3)cs2)c2cccnc21. The zero-order chi connectivity index (χ0) is 20.6. The van der Waals surface area contributed by atoms with E-state index < -0.39 is 17.6 Å². The van der Waals surface area contributed by atoms with Crippen molar-refractivity contribution in [3.05, 3.63) is 71.0 Å². The van der Waals surface area contributed by atoms with Gasteiger partial charge in [0.1, 0.15) is 16.3 Å². The van der Waals surface area contributed by atoms with E-state index in [-0.39, 0.29) is 12.2 Å². The summed E-state index contributed by atoms with van der Waals surface area (Å²) in [4.78, 5) is 21.1. The molecule has 3 heterocycles. The number of nitrogens with zero attached hydrogens (tertiary/aromatic N) is 3. The second-order valence-electron chi connectivity index (χ2n) is 6.45. The Bertz CT molecular complexity index is 1200. The number of alkyl halides is 3. The van der Waals surface area contributed by atoms with E-state index in [0.29, 0.717) is 10.6 Å². The van der Waals surface area contributed by atoms with Gasteiger partial charge >= 0.3 is 6.18 Å². The molecule has 0 unspecified atom stereocenters. The first-order chi connectivity index (χ1) is 13.8. The van der Waals surface area contributed by atoms with Crippen LogP contribution in [0.4, 0.5) is 13.2 Å². The quantitative estimate of drug-likeness (QED) is 0.527. The fourth-order valence-electron chi connectivity index (χ4n) is 3.02. The van der Waals surface area contributed by atoms with Crippen molar-refractivity contribution in [2.24, 2.45) is 7.05 Å². The molecule has 4 aromatic rings. The third-order valence-electron chi connectivity index (χ3n) is 4.41. The topological polar surface area (TPSA) is 59.8 Å². The first kappa shape index (κ1) is 19.1. The number of pyridine rings is 1. The van der Waals surface area contributed by atoms with E-state index in [1.165, 1.54) is 23.5 Å². The number of carbonyl (C=O) groups is 1. The first-order valence-electron chi connectivity index (χ1n) is 8.63. The van der Waals surface area contributed by atoms with Gasteiger partial charge < -0.3 is 9.88 Å². The monoisotopic (exact) mass is 416 g/mol. The maximum Gasteiger partial charge on any atom is 0.416 e. The predicted molar refractivity (Wildman–Crippen MR) is 104 cm³/mol. The van der Waals surface area contributed by atoms with Crippen molar-refractivity contribution in [1.29, 1.82) is 0 Å². The lowest BCUT2D eigenvalue weighted by atomic mass is 10.1. The van der Waals surface area contributed by atoms with Crippen molar-refractivity contribution in [3.63, 3.8) is 0 Å². The van der Waals surface area contributed by atoms with Crippen LogP contribution in [0.2, 0.25) is 0 Å². The molecular weight excluding hydrogens is 401 g/mol. The summed E-state index contributed by atoms with van der Waals surface area (Å²) in [5.74, 6) is -0.441. The molecule has 1 N–H and O–H groups in total. The van der Waals surface area contributed by atoms with Crippen molar-refractivity contribution < 1.29 is 18.0 Å². The molecule has 9 heteroatoms. The van der Waals surface area contributed by atoms with Crippen LogP contribution in [0, 0.1) is 0 Å². The number of nitrogens with one attached hydrogen (secondary N) is 1. The highest BCUT2D eigenvalue weighted by molar-refractivity contribution is 7.13. The van der Waals surface area contributed by atoms with Crippen molar-refractivity contribution >= 4 is 28.3 Å². The van der Waals surface area contributed by atoms with Crippen LogP contribution in [0.5, 0.6) is 0 Å². The summed E-state index contributed by atoms with van der Waals surface area (Å²) in [7, 11) is 1.88. The Kier molecular flexibility index (Phi) is 4.83. The Labute approximate surface area is 167 Å². The Morgan fingerprint density at radius 2 is 2.07 bits per heavy atom. The van der Waals surface area contributed by atoms with Gasteiger partial charge in [-0.15, -0.1) is 11.3 Å². The lowest BCUT2D eigenvalue weighted by molar-refractivity contribution is -0.137. The van der Waals surface area contributed by atoms with Gasteiger partial charge in [0.15, 0.2) is 0 Å². The molecule has 29 heavy (non-hydrogen) atoms. The molecule has 0 radical (unpaired) electrons. The van der Waals surface area contributed by atoms with Crippen molar-refractivity contribution in [2.75, 3.05) is 0 Å². The summed E-state index contributed by atoms with van der Waals surface area (Å²) in [5, 5.41) is 5.86. The number of hydrogen-bond donors (Lipinski definition) is 1. The summed E-state index contributed by atoms with van der Waals surface area (Å²) < 4.78 is 40.3. The van der Waals surface area contributed by atoms with Gasteiger partial charge in [-0.25, -0.2) is 9.97 Å². The van der Waals surface area contributed by atoms with Crippen LogP contribution in [-0.4, -0.2) is 20.4 Å². The smallest absolute Gasteiger partial charge is 0.347 e. The molecule has 5 nitrogen and oxygen atoms in total. The van der Waals surface area contributed by atoms with Gasteiger partial charge in [0, 0.05) is 42.3 Å². The number of carbonyl (C=O) groups excluding carboxylic acids is 1. The molecule has 0 fully saturated rings. The minimum absolute atomic E-state index is 0.0200. The van der Waals surface area contributed by atoms with Gasteiger partial charge in [-0.2, -0.15) is 13.2 Å². The molecule has 0 saturated carbocycles. The van der Waals surface area contributed by atoms with E-state index in [1.807, 2.05) is 29.9 Å². The lowest BCUT2D eigenvalue weighted by Crippen LogP contribution is -2.23. The third kappa shape index (κ3) is 3.86.